The zero-order valence-electron chi connectivity index (χ0n) is 5.55. The van der Waals surface area contributed by atoms with Gasteiger partial charge in [0.1, 0.15) is 12.8 Å². The monoisotopic (exact) mass is 113 g/mol. The van der Waals surface area contributed by atoms with Crippen LogP contribution in [0.2, 0.25) is 0 Å². The minimum Gasteiger partial charge on any atom is -0.367 e. The third kappa shape index (κ3) is 1.41. The molecule has 0 aliphatic carbocycles. The highest BCUT2D eigenvalue weighted by Gasteiger charge is 2.20. The SMILES string of the molecule is CC1C[CH+]CC(C)O1. The van der Waals surface area contributed by atoms with Gasteiger partial charge in [0.25, 0.3) is 0 Å². The fraction of sp³-hybridized carbons (Fsp3) is 0.857. The highest BCUT2D eigenvalue weighted by Crippen LogP contribution is 2.16. The van der Waals surface area contributed by atoms with Crippen LogP contribution in [0.25, 0.3) is 0 Å². The van der Waals surface area contributed by atoms with E-state index in [0.29, 0.717) is 12.2 Å². The van der Waals surface area contributed by atoms with Crippen molar-refractivity contribution in [2.24, 2.45) is 0 Å². The van der Waals surface area contributed by atoms with Crippen LogP contribution in [0.5, 0.6) is 0 Å². The van der Waals surface area contributed by atoms with Crippen LogP contribution in [0.3, 0.4) is 0 Å². The van der Waals surface area contributed by atoms with Crippen molar-refractivity contribution in [2.75, 3.05) is 0 Å². The molecule has 0 saturated carbocycles. The van der Waals surface area contributed by atoms with Crippen molar-refractivity contribution in [3.63, 3.8) is 0 Å². The molecule has 2 unspecified atom stereocenters. The predicted octanol–water partition coefficient (Wildman–Crippen LogP) is 1.78. The lowest BCUT2D eigenvalue weighted by atomic mass is 10.1. The van der Waals surface area contributed by atoms with Gasteiger partial charge in [-0.1, -0.05) is 0 Å². The normalized spacial score (nSPS) is 38.8. The summed E-state index contributed by atoms with van der Waals surface area (Å²) in [6.45, 7) is 4.23. The molecule has 1 aliphatic heterocycles. The Kier molecular flexibility index (Phi) is 1.79. The highest BCUT2D eigenvalue weighted by molar-refractivity contribution is 4.77. The van der Waals surface area contributed by atoms with Crippen LogP contribution < -0.4 is 0 Å². The molecule has 0 N–H and O–H groups in total. The fourth-order valence-corrected chi connectivity index (χ4v) is 1.07. The molecule has 8 heavy (non-hydrogen) atoms. The van der Waals surface area contributed by atoms with E-state index in [1.165, 1.54) is 0 Å². The van der Waals surface area contributed by atoms with E-state index in [-0.39, 0.29) is 0 Å². The molecule has 0 aromatic heterocycles. The first kappa shape index (κ1) is 5.96. The molecule has 1 aliphatic rings. The van der Waals surface area contributed by atoms with E-state index < -0.39 is 0 Å². The first-order valence-corrected chi connectivity index (χ1v) is 3.26. The predicted molar refractivity (Wildman–Crippen MR) is 33.5 cm³/mol. The summed E-state index contributed by atoms with van der Waals surface area (Å²) in [5.41, 5.74) is 0. The summed E-state index contributed by atoms with van der Waals surface area (Å²) in [7, 11) is 0. The van der Waals surface area contributed by atoms with E-state index in [4.69, 9.17) is 4.74 Å². The standard InChI is InChI=1S/C7H13O/c1-6-4-3-5-7(2)8-6/h3,6-7H,4-5H2,1-2H3/q+1. The summed E-state index contributed by atoms with van der Waals surface area (Å²) < 4.78 is 5.45. The maximum atomic E-state index is 5.45. The molecule has 1 nitrogen and oxygen atoms in total. The van der Waals surface area contributed by atoms with Crippen LogP contribution in [-0.4, -0.2) is 12.2 Å². The van der Waals surface area contributed by atoms with E-state index in [1.807, 2.05) is 0 Å². The second-order valence-corrected chi connectivity index (χ2v) is 2.52. The molecule has 0 aromatic carbocycles. The van der Waals surface area contributed by atoms with Gasteiger partial charge in [-0.25, -0.2) is 0 Å². The van der Waals surface area contributed by atoms with E-state index >= 15 is 0 Å². The molecule has 0 amide bonds. The first-order chi connectivity index (χ1) is 3.79. The number of hydrogen-bond acceptors (Lipinski definition) is 1. The number of ether oxygens (including phenoxy) is 1. The first-order valence-electron chi connectivity index (χ1n) is 3.26. The lowest BCUT2D eigenvalue weighted by Gasteiger charge is -2.18. The van der Waals surface area contributed by atoms with E-state index in [2.05, 4.69) is 20.3 Å². The summed E-state index contributed by atoms with van der Waals surface area (Å²) in [4.78, 5) is 0. The third-order valence-electron chi connectivity index (χ3n) is 1.46. The van der Waals surface area contributed by atoms with Crippen LogP contribution >= 0.6 is 0 Å². The van der Waals surface area contributed by atoms with Gasteiger partial charge in [-0.15, -0.1) is 0 Å². The van der Waals surface area contributed by atoms with Crippen molar-refractivity contribution in [3.05, 3.63) is 6.42 Å². The van der Waals surface area contributed by atoms with Gasteiger partial charge in [0.2, 0.25) is 0 Å². The van der Waals surface area contributed by atoms with Crippen LogP contribution in [0.4, 0.5) is 0 Å². The smallest absolute Gasteiger partial charge is 0.113 e. The van der Waals surface area contributed by atoms with E-state index in [0.717, 1.165) is 12.8 Å². The van der Waals surface area contributed by atoms with Crippen molar-refractivity contribution in [3.8, 4) is 0 Å². The van der Waals surface area contributed by atoms with Crippen molar-refractivity contribution in [2.45, 2.75) is 38.9 Å². The Labute approximate surface area is 51.0 Å². The third-order valence-corrected chi connectivity index (χ3v) is 1.46. The van der Waals surface area contributed by atoms with Crippen LogP contribution in [0, 0.1) is 6.42 Å². The van der Waals surface area contributed by atoms with Gasteiger partial charge in [-0.2, -0.15) is 0 Å². The van der Waals surface area contributed by atoms with Gasteiger partial charge in [-0.3, -0.25) is 0 Å². The second-order valence-electron chi connectivity index (χ2n) is 2.52. The summed E-state index contributed by atoms with van der Waals surface area (Å²) >= 11 is 0. The number of hydrogen-bond donors (Lipinski definition) is 0. The molecule has 1 saturated heterocycles. The van der Waals surface area contributed by atoms with Crippen LogP contribution in [0.15, 0.2) is 0 Å². The van der Waals surface area contributed by atoms with Gasteiger partial charge in [0.05, 0.1) is 18.6 Å². The minimum atomic E-state index is 0.457. The van der Waals surface area contributed by atoms with Gasteiger partial charge < -0.3 is 4.74 Å². The molecule has 1 rings (SSSR count). The van der Waals surface area contributed by atoms with Crippen LogP contribution in [0.1, 0.15) is 26.7 Å². The topological polar surface area (TPSA) is 9.23 Å². The van der Waals surface area contributed by atoms with Crippen molar-refractivity contribution >= 4 is 0 Å². The molecule has 46 valence electrons. The summed E-state index contributed by atoms with van der Waals surface area (Å²) in [5.74, 6) is 0. The number of rotatable bonds is 0. The quantitative estimate of drug-likeness (QED) is 0.435. The zero-order valence-corrected chi connectivity index (χ0v) is 5.55. The van der Waals surface area contributed by atoms with Gasteiger partial charge in [-0.05, 0) is 13.8 Å². The average Bonchev–Trinajstić information content (AvgIpc) is 1.64. The van der Waals surface area contributed by atoms with Crippen LogP contribution in [-0.2, 0) is 4.74 Å². The Hall–Kier alpha value is -0.170. The summed E-state index contributed by atoms with van der Waals surface area (Å²) in [5, 5.41) is 0. The molecule has 1 fully saturated rings. The Balaban J connectivity index is 2.23. The summed E-state index contributed by atoms with van der Waals surface area (Å²) in [6.07, 6.45) is 5.48. The molecular formula is C7H13O+. The maximum absolute atomic E-state index is 5.45. The molecule has 0 radical (unpaired) electrons. The highest BCUT2D eigenvalue weighted by atomic mass is 16.5. The van der Waals surface area contributed by atoms with Gasteiger partial charge in [0, 0.05) is 0 Å². The molecule has 1 heterocycles. The van der Waals surface area contributed by atoms with Crippen molar-refractivity contribution < 1.29 is 4.74 Å². The minimum absolute atomic E-state index is 0.457. The lowest BCUT2D eigenvalue weighted by molar-refractivity contribution is -0.0121. The average molecular weight is 113 g/mol. The fourth-order valence-electron chi connectivity index (χ4n) is 1.07. The van der Waals surface area contributed by atoms with Crippen molar-refractivity contribution in [1.82, 2.24) is 0 Å². The lowest BCUT2D eigenvalue weighted by Crippen LogP contribution is -2.22. The van der Waals surface area contributed by atoms with E-state index in [1.54, 1.807) is 0 Å². The summed E-state index contributed by atoms with van der Waals surface area (Å²) in [6, 6.07) is 0. The Morgan fingerprint density at radius 1 is 1.25 bits per heavy atom. The maximum Gasteiger partial charge on any atom is 0.113 e. The Morgan fingerprint density at radius 3 is 2.00 bits per heavy atom. The molecular weight excluding hydrogens is 100 g/mol. The molecule has 0 bridgehead atoms. The molecule has 1 heteroatoms. The van der Waals surface area contributed by atoms with Crippen molar-refractivity contribution in [1.29, 1.82) is 0 Å². The Bertz CT molecular complexity index is 62.8. The largest absolute Gasteiger partial charge is 0.367 e. The zero-order chi connectivity index (χ0) is 5.98. The molecule has 0 aromatic rings. The Morgan fingerprint density at radius 2 is 1.75 bits per heavy atom. The van der Waals surface area contributed by atoms with Gasteiger partial charge >= 0.3 is 0 Å². The second kappa shape index (κ2) is 2.40. The molecule has 2 atom stereocenters. The van der Waals surface area contributed by atoms with E-state index in [9.17, 15) is 0 Å². The molecule has 0 spiro atoms. The van der Waals surface area contributed by atoms with Gasteiger partial charge in [0.15, 0.2) is 0 Å².